The van der Waals surface area contributed by atoms with Gasteiger partial charge in [-0.3, -0.25) is 14.9 Å². The Kier molecular flexibility index (Phi) is 6.11. The summed E-state index contributed by atoms with van der Waals surface area (Å²) in [7, 11) is 0. The first-order valence-corrected chi connectivity index (χ1v) is 10.2. The van der Waals surface area contributed by atoms with Crippen molar-refractivity contribution in [3.05, 3.63) is 83.6 Å². The fourth-order valence-electron chi connectivity index (χ4n) is 3.01. The van der Waals surface area contributed by atoms with Crippen molar-refractivity contribution in [3.8, 4) is 12.3 Å². The zero-order chi connectivity index (χ0) is 21.6. The van der Waals surface area contributed by atoms with E-state index in [4.69, 9.17) is 6.42 Å². The van der Waals surface area contributed by atoms with Crippen LogP contribution in [0.15, 0.2) is 70.6 Å². The van der Waals surface area contributed by atoms with E-state index in [9.17, 15) is 9.18 Å². The summed E-state index contributed by atoms with van der Waals surface area (Å²) in [5.74, 6) is 1.19. The number of benzene rings is 2. The van der Waals surface area contributed by atoms with Crippen molar-refractivity contribution < 1.29 is 9.18 Å². The number of nitrogens with one attached hydrogen (secondary N) is 2. The van der Waals surface area contributed by atoms with E-state index in [1.165, 1.54) is 17.8 Å². The van der Waals surface area contributed by atoms with Gasteiger partial charge in [0, 0.05) is 21.4 Å². The lowest BCUT2D eigenvalue weighted by atomic mass is 10.2. The zero-order valence-corrected chi connectivity index (χ0v) is 17.1. The van der Waals surface area contributed by atoms with Crippen molar-refractivity contribution in [1.82, 2.24) is 20.5 Å². The number of aromatic nitrogens is 3. The van der Waals surface area contributed by atoms with Gasteiger partial charge < -0.3 is 5.32 Å². The molecule has 0 atom stereocenters. The molecule has 0 saturated carbocycles. The van der Waals surface area contributed by atoms with E-state index in [2.05, 4.69) is 26.4 Å². The number of rotatable bonds is 6. The average Bonchev–Trinajstić information content (AvgIpc) is 3.19. The standard InChI is InChI=1S/C24H17FN4OS/c1-2-13-27-24(30)23-19(25)7-5-8-22(23)31-17-10-11-18-20(28-29-21(18)15-17)12-9-16-6-3-4-14-26-16/h1,3-12,14-15H,13H2,(H,27,30)(H,28,29). The molecule has 5 nitrogen and oxygen atoms in total. The molecule has 4 rings (SSSR count). The number of halogens is 1. The van der Waals surface area contributed by atoms with Crippen LogP contribution in [0.4, 0.5) is 4.39 Å². The van der Waals surface area contributed by atoms with E-state index in [1.54, 1.807) is 18.3 Å². The predicted molar refractivity (Wildman–Crippen MR) is 121 cm³/mol. The third kappa shape index (κ3) is 4.65. The molecule has 0 aliphatic heterocycles. The number of pyridine rings is 1. The maximum atomic E-state index is 14.4. The van der Waals surface area contributed by atoms with Crippen molar-refractivity contribution >= 4 is 40.7 Å². The van der Waals surface area contributed by atoms with Gasteiger partial charge in [0.2, 0.25) is 0 Å². The van der Waals surface area contributed by atoms with E-state index in [-0.39, 0.29) is 12.1 Å². The van der Waals surface area contributed by atoms with Crippen LogP contribution in [0.2, 0.25) is 0 Å². The quantitative estimate of drug-likeness (QED) is 0.434. The van der Waals surface area contributed by atoms with Gasteiger partial charge in [-0.05, 0) is 54.6 Å². The summed E-state index contributed by atoms with van der Waals surface area (Å²) >= 11 is 1.30. The third-order valence-electron chi connectivity index (χ3n) is 4.44. The third-order valence-corrected chi connectivity index (χ3v) is 5.49. The molecule has 31 heavy (non-hydrogen) atoms. The monoisotopic (exact) mass is 428 g/mol. The Labute approximate surface area is 182 Å². The van der Waals surface area contributed by atoms with Crippen LogP contribution in [0.3, 0.4) is 0 Å². The molecular formula is C24H17FN4OS. The van der Waals surface area contributed by atoms with Crippen molar-refractivity contribution in [2.45, 2.75) is 9.79 Å². The molecular weight excluding hydrogens is 411 g/mol. The van der Waals surface area contributed by atoms with Crippen molar-refractivity contribution in [2.75, 3.05) is 6.54 Å². The lowest BCUT2D eigenvalue weighted by molar-refractivity contribution is 0.0951. The number of nitrogens with zero attached hydrogens (tertiary/aromatic N) is 2. The van der Waals surface area contributed by atoms with E-state index in [0.29, 0.717) is 4.90 Å². The molecule has 0 fully saturated rings. The Bertz CT molecular complexity index is 1310. The summed E-state index contributed by atoms with van der Waals surface area (Å²) in [5.41, 5.74) is 2.44. The highest BCUT2D eigenvalue weighted by atomic mass is 32.2. The second-order valence-electron chi connectivity index (χ2n) is 6.51. The lowest BCUT2D eigenvalue weighted by Gasteiger charge is -2.10. The van der Waals surface area contributed by atoms with Gasteiger partial charge in [-0.15, -0.1) is 6.42 Å². The van der Waals surface area contributed by atoms with E-state index >= 15 is 0 Å². The molecule has 0 bridgehead atoms. The maximum absolute atomic E-state index is 14.4. The first kappa shape index (κ1) is 20.4. The summed E-state index contributed by atoms with van der Waals surface area (Å²) in [6, 6.07) is 16.0. The smallest absolute Gasteiger partial charge is 0.256 e. The van der Waals surface area contributed by atoms with Gasteiger partial charge in [0.1, 0.15) is 5.82 Å². The van der Waals surface area contributed by atoms with Crippen molar-refractivity contribution in [2.24, 2.45) is 0 Å². The number of carbonyl (C=O) groups excluding carboxylic acids is 1. The van der Waals surface area contributed by atoms with Crippen LogP contribution in [0.5, 0.6) is 0 Å². The summed E-state index contributed by atoms with van der Waals surface area (Å²) in [6.07, 6.45) is 10.7. The SMILES string of the molecule is C#CCNC(=O)c1c(F)cccc1Sc1ccc2c(C=Cc3ccccn3)n[nH]c2c1. The van der Waals surface area contributed by atoms with Gasteiger partial charge in [0.25, 0.3) is 5.91 Å². The van der Waals surface area contributed by atoms with Crippen molar-refractivity contribution in [1.29, 1.82) is 0 Å². The maximum Gasteiger partial charge on any atom is 0.256 e. The Morgan fingerprint density at radius 1 is 1.19 bits per heavy atom. The number of aromatic amines is 1. The van der Waals surface area contributed by atoms with E-state index in [1.807, 2.05) is 48.6 Å². The summed E-state index contributed by atoms with van der Waals surface area (Å²) in [5, 5.41) is 10.8. The summed E-state index contributed by atoms with van der Waals surface area (Å²) in [4.78, 5) is 18.0. The lowest BCUT2D eigenvalue weighted by Crippen LogP contribution is -2.25. The number of hydrogen-bond donors (Lipinski definition) is 2. The van der Waals surface area contributed by atoms with Gasteiger partial charge in [0.05, 0.1) is 29.0 Å². The van der Waals surface area contributed by atoms with E-state index in [0.717, 1.165) is 27.2 Å². The summed E-state index contributed by atoms with van der Waals surface area (Å²) < 4.78 is 14.4. The summed E-state index contributed by atoms with van der Waals surface area (Å²) in [6.45, 7) is 0.0339. The van der Waals surface area contributed by atoms with Crippen LogP contribution in [0, 0.1) is 18.2 Å². The van der Waals surface area contributed by atoms with Gasteiger partial charge >= 0.3 is 0 Å². The number of hydrogen-bond acceptors (Lipinski definition) is 4. The van der Waals surface area contributed by atoms with Gasteiger partial charge in [0.15, 0.2) is 0 Å². The van der Waals surface area contributed by atoms with Gasteiger partial charge in [-0.1, -0.05) is 29.8 Å². The van der Waals surface area contributed by atoms with E-state index < -0.39 is 11.7 Å². The molecule has 1 amide bonds. The molecule has 0 aliphatic carbocycles. The first-order chi connectivity index (χ1) is 15.2. The number of amides is 1. The highest BCUT2D eigenvalue weighted by molar-refractivity contribution is 7.99. The normalized spacial score (nSPS) is 11.0. The van der Waals surface area contributed by atoms with Crippen LogP contribution in [-0.4, -0.2) is 27.6 Å². The van der Waals surface area contributed by atoms with Crippen LogP contribution in [-0.2, 0) is 0 Å². The number of H-pyrrole nitrogens is 1. The van der Waals surface area contributed by atoms with Crippen LogP contribution in [0.1, 0.15) is 21.7 Å². The fraction of sp³-hybridized carbons (Fsp3) is 0.0417. The molecule has 152 valence electrons. The Hall–Kier alpha value is -3.89. The highest BCUT2D eigenvalue weighted by Gasteiger charge is 2.17. The molecule has 2 heterocycles. The Balaban J connectivity index is 1.60. The minimum atomic E-state index is -0.593. The number of terminal acetylenes is 1. The van der Waals surface area contributed by atoms with Crippen molar-refractivity contribution in [3.63, 3.8) is 0 Å². The second-order valence-corrected chi connectivity index (χ2v) is 7.62. The van der Waals surface area contributed by atoms with Gasteiger partial charge in [-0.25, -0.2) is 4.39 Å². The minimum Gasteiger partial charge on any atom is -0.341 e. The largest absolute Gasteiger partial charge is 0.341 e. The van der Waals surface area contributed by atoms with Crippen LogP contribution in [0.25, 0.3) is 23.1 Å². The molecule has 0 spiro atoms. The molecule has 2 aromatic carbocycles. The molecule has 7 heteroatoms. The molecule has 0 aliphatic rings. The highest BCUT2D eigenvalue weighted by Crippen LogP contribution is 2.33. The number of fused-ring (bicyclic) bond motifs is 1. The first-order valence-electron chi connectivity index (χ1n) is 9.41. The number of carbonyl (C=O) groups is 1. The fourth-order valence-corrected chi connectivity index (χ4v) is 4.01. The van der Waals surface area contributed by atoms with Crippen LogP contribution < -0.4 is 5.32 Å². The Morgan fingerprint density at radius 2 is 2.10 bits per heavy atom. The zero-order valence-electron chi connectivity index (χ0n) is 16.3. The second kappa shape index (κ2) is 9.28. The predicted octanol–water partition coefficient (Wildman–Crippen LogP) is 4.78. The molecule has 0 saturated heterocycles. The topological polar surface area (TPSA) is 70.7 Å². The van der Waals surface area contributed by atoms with Crippen LogP contribution >= 0.6 is 11.8 Å². The molecule has 0 unspecified atom stereocenters. The molecule has 4 aromatic rings. The Morgan fingerprint density at radius 3 is 2.90 bits per heavy atom. The van der Waals surface area contributed by atoms with Gasteiger partial charge in [-0.2, -0.15) is 5.10 Å². The molecule has 2 N–H and O–H groups in total. The average molecular weight is 428 g/mol. The minimum absolute atomic E-state index is 0.0218. The molecule has 0 radical (unpaired) electrons. The molecule has 2 aromatic heterocycles.